The average Bonchev–Trinajstić information content (AvgIpc) is 3.13. The van der Waals surface area contributed by atoms with Gasteiger partial charge in [-0.15, -0.1) is 0 Å². The summed E-state index contributed by atoms with van der Waals surface area (Å²) >= 11 is 0. The summed E-state index contributed by atoms with van der Waals surface area (Å²) in [4.78, 5) is 16.7. The number of ketones is 1. The molecule has 2 aromatic carbocycles. The van der Waals surface area contributed by atoms with E-state index in [4.69, 9.17) is 14.0 Å². The Morgan fingerprint density at radius 1 is 1.07 bits per heavy atom. The Hall–Kier alpha value is -3.15. The summed E-state index contributed by atoms with van der Waals surface area (Å²) in [6, 6.07) is 14.3. The third-order valence-electron chi connectivity index (χ3n) is 4.02. The van der Waals surface area contributed by atoms with Gasteiger partial charge in [-0.2, -0.15) is 4.98 Å². The third kappa shape index (κ3) is 5.19. The van der Waals surface area contributed by atoms with Gasteiger partial charge in [-0.1, -0.05) is 38.1 Å². The Bertz CT molecular complexity index is 940. The molecule has 0 unspecified atom stereocenters. The van der Waals surface area contributed by atoms with Crippen LogP contribution >= 0.6 is 0 Å². The number of Topliss-reactive ketones (excluding diaryl/α,β-unsaturated/α-hetero) is 1. The van der Waals surface area contributed by atoms with Gasteiger partial charge in [0.2, 0.25) is 11.7 Å². The Balaban J connectivity index is 1.61. The molecule has 0 radical (unpaired) electrons. The summed E-state index contributed by atoms with van der Waals surface area (Å²) in [5.41, 5.74) is 1.46. The topological polar surface area (TPSA) is 74.5 Å². The summed E-state index contributed by atoms with van der Waals surface area (Å²) in [6.45, 7) is 6.31. The molecule has 1 heterocycles. The fraction of sp³-hybridized carbons (Fsp3) is 0.318. The van der Waals surface area contributed by atoms with Gasteiger partial charge in [-0.3, -0.25) is 4.79 Å². The fourth-order valence-electron chi connectivity index (χ4n) is 2.63. The van der Waals surface area contributed by atoms with Crippen molar-refractivity contribution in [1.82, 2.24) is 10.1 Å². The quantitative estimate of drug-likeness (QED) is 0.558. The van der Waals surface area contributed by atoms with Crippen LogP contribution in [-0.4, -0.2) is 29.6 Å². The van der Waals surface area contributed by atoms with Crippen LogP contribution < -0.4 is 9.47 Å². The first kappa shape index (κ1) is 19.6. The van der Waals surface area contributed by atoms with Gasteiger partial charge < -0.3 is 14.0 Å². The molecule has 0 aliphatic rings. The maximum Gasteiger partial charge on any atom is 0.227 e. The van der Waals surface area contributed by atoms with E-state index in [0.29, 0.717) is 35.2 Å². The minimum absolute atomic E-state index is 0.0511. The van der Waals surface area contributed by atoms with Gasteiger partial charge in [0.25, 0.3) is 0 Å². The third-order valence-corrected chi connectivity index (χ3v) is 4.02. The number of rotatable bonds is 7. The summed E-state index contributed by atoms with van der Waals surface area (Å²) < 4.78 is 16.1. The highest BCUT2D eigenvalue weighted by molar-refractivity contribution is 5.97. The molecule has 0 fully saturated rings. The number of carbonyl (C=O) groups is 1. The number of hydrogen-bond acceptors (Lipinski definition) is 6. The van der Waals surface area contributed by atoms with Gasteiger partial charge >= 0.3 is 0 Å². The van der Waals surface area contributed by atoms with Crippen LogP contribution in [0, 0.1) is 5.41 Å². The van der Waals surface area contributed by atoms with Crippen molar-refractivity contribution in [2.75, 3.05) is 13.7 Å². The standard InChI is InChI=1S/C22H24N2O4/c1-22(2,3)13-20-23-21(24-28-20)15-8-10-17(11-9-15)27-14-19(25)16-6-5-7-18(12-16)26-4/h5-12H,13-14H2,1-4H3. The van der Waals surface area contributed by atoms with E-state index in [0.717, 1.165) is 5.56 Å². The predicted octanol–water partition coefficient (Wildman–Crippen LogP) is 4.60. The van der Waals surface area contributed by atoms with E-state index in [2.05, 4.69) is 30.9 Å². The highest BCUT2D eigenvalue weighted by atomic mass is 16.5. The summed E-state index contributed by atoms with van der Waals surface area (Å²) in [6.07, 6.45) is 0.716. The van der Waals surface area contributed by atoms with Crippen LogP contribution in [-0.2, 0) is 6.42 Å². The monoisotopic (exact) mass is 380 g/mol. The van der Waals surface area contributed by atoms with Crippen LogP contribution in [0.2, 0.25) is 0 Å². The largest absolute Gasteiger partial charge is 0.497 e. The Kier molecular flexibility index (Phi) is 5.78. The molecule has 146 valence electrons. The molecular weight excluding hydrogens is 356 g/mol. The van der Waals surface area contributed by atoms with E-state index in [9.17, 15) is 4.79 Å². The molecule has 0 saturated heterocycles. The lowest BCUT2D eigenvalue weighted by atomic mass is 9.92. The second kappa shape index (κ2) is 8.25. The molecule has 0 spiro atoms. The second-order valence-corrected chi connectivity index (χ2v) is 7.72. The second-order valence-electron chi connectivity index (χ2n) is 7.72. The molecule has 0 amide bonds. The Labute approximate surface area is 164 Å². The van der Waals surface area contributed by atoms with Gasteiger partial charge in [-0.25, -0.2) is 0 Å². The first-order chi connectivity index (χ1) is 13.3. The van der Waals surface area contributed by atoms with E-state index < -0.39 is 0 Å². The van der Waals surface area contributed by atoms with Crippen LogP contribution in [0.3, 0.4) is 0 Å². The molecule has 0 saturated carbocycles. The molecule has 1 aromatic heterocycles. The van der Waals surface area contributed by atoms with E-state index in [1.165, 1.54) is 0 Å². The lowest BCUT2D eigenvalue weighted by Crippen LogP contribution is -2.11. The smallest absolute Gasteiger partial charge is 0.227 e. The number of carbonyl (C=O) groups excluding carboxylic acids is 1. The van der Waals surface area contributed by atoms with E-state index in [1.54, 1.807) is 43.5 Å². The number of nitrogens with zero attached hydrogens (tertiary/aromatic N) is 2. The maximum atomic E-state index is 12.3. The maximum absolute atomic E-state index is 12.3. The normalized spacial score (nSPS) is 11.3. The van der Waals surface area contributed by atoms with Gasteiger partial charge in [0, 0.05) is 17.5 Å². The number of benzene rings is 2. The number of hydrogen-bond donors (Lipinski definition) is 0. The zero-order chi connectivity index (χ0) is 20.1. The molecule has 28 heavy (non-hydrogen) atoms. The van der Waals surface area contributed by atoms with Gasteiger partial charge in [0.05, 0.1) is 7.11 Å². The molecular formula is C22H24N2O4. The number of aromatic nitrogens is 2. The number of methoxy groups -OCH3 is 1. The van der Waals surface area contributed by atoms with Crippen LogP contribution in [0.1, 0.15) is 37.0 Å². The predicted molar refractivity (Wildman–Crippen MR) is 106 cm³/mol. The first-order valence-corrected chi connectivity index (χ1v) is 9.07. The zero-order valence-corrected chi connectivity index (χ0v) is 16.6. The number of ether oxygens (including phenoxy) is 2. The molecule has 0 atom stereocenters. The van der Waals surface area contributed by atoms with Crippen molar-refractivity contribution in [3.05, 3.63) is 60.0 Å². The lowest BCUT2D eigenvalue weighted by molar-refractivity contribution is 0.0921. The average molecular weight is 380 g/mol. The van der Waals surface area contributed by atoms with Crippen molar-refractivity contribution in [3.8, 4) is 22.9 Å². The molecule has 3 aromatic rings. The highest BCUT2D eigenvalue weighted by Gasteiger charge is 2.17. The summed E-state index contributed by atoms with van der Waals surface area (Å²) in [7, 11) is 1.57. The van der Waals surface area contributed by atoms with Crippen LogP contribution in [0.5, 0.6) is 11.5 Å². The van der Waals surface area contributed by atoms with Crippen molar-refractivity contribution in [3.63, 3.8) is 0 Å². The first-order valence-electron chi connectivity index (χ1n) is 9.07. The molecule has 0 bridgehead atoms. The zero-order valence-electron chi connectivity index (χ0n) is 16.6. The lowest BCUT2D eigenvalue weighted by Gasteiger charge is -2.13. The Morgan fingerprint density at radius 2 is 1.82 bits per heavy atom. The van der Waals surface area contributed by atoms with Crippen LogP contribution in [0.25, 0.3) is 11.4 Å². The molecule has 0 aliphatic heterocycles. The molecule has 0 N–H and O–H groups in total. The highest BCUT2D eigenvalue weighted by Crippen LogP contribution is 2.24. The minimum atomic E-state index is -0.118. The van der Waals surface area contributed by atoms with Crippen molar-refractivity contribution in [1.29, 1.82) is 0 Å². The van der Waals surface area contributed by atoms with E-state index in [1.807, 2.05) is 12.1 Å². The van der Waals surface area contributed by atoms with Gasteiger partial charge in [0.1, 0.15) is 11.5 Å². The van der Waals surface area contributed by atoms with E-state index >= 15 is 0 Å². The fourth-order valence-corrected chi connectivity index (χ4v) is 2.63. The summed E-state index contributed by atoms with van der Waals surface area (Å²) in [5.74, 6) is 2.28. The molecule has 0 aliphatic carbocycles. The molecule has 6 nitrogen and oxygen atoms in total. The molecule has 6 heteroatoms. The van der Waals surface area contributed by atoms with Crippen LogP contribution in [0.15, 0.2) is 53.1 Å². The van der Waals surface area contributed by atoms with Crippen molar-refractivity contribution in [2.24, 2.45) is 5.41 Å². The molecule has 3 rings (SSSR count). The minimum Gasteiger partial charge on any atom is -0.497 e. The van der Waals surface area contributed by atoms with Crippen molar-refractivity contribution in [2.45, 2.75) is 27.2 Å². The van der Waals surface area contributed by atoms with Crippen molar-refractivity contribution < 1.29 is 18.8 Å². The van der Waals surface area contributed by atoms with Gasteiger partial charge in [0.15, 0.2) is 12.4 Å². The van der Waals surface area contributed by atoms with Crippen molar-refractivity contribution >= 4 is 5.78 Å². The van der Waals surface area contributed by atoms with E-state index in [-0.39, 0.29) is 17.8 Å². The SMILES string of the molecule is COc1cccc(C(=O)COc2ccc(-c3noc(CC(C)(C)C)n3)cc2)c1. The Morgan fingerprint density at radius 3 is 2.50 bits per heavy atom. The summed E-state index contributed by atoms with van der Waals surface area (Å²) in [5, 5.41) is 4.04. The van der Waals surface area contributed by atoms with Gasteiger partial charge in [-0.05, 0) is 41.8 Å². The van der Waals surface area contributed by atoms with Crippen LogP contribution in [0.4, 0.5) is 0 Å².